The van der Waals surface area contributed by atoms with Crippen molar-refractivity contribution >= 4 is 39.3 Å². The molecule has 174 valence electrons. The van der Waals surface area contributed by atoms with Crippen molar-refractivity contribution < 1.29 is 14.3 Å². The fourth-order valence-electron chi connectivity index (χ4n) is 3.87. The van der Waals surface area contributed by atoms with Crippen LogP contribution in [0.5, 0.6) is 5.75 Å². The van der Waals surface area contributed by atoms with Crippen molar-refractivity contribution in [2.45, 2.75) is 19.4 Å². The van der Waals surface area contributed by atoms with E-state index in [0.717, 1.165) is 15.6 Å². The first-order chi connectivity index (χ1) is 16.5. The second kappa shape index (κ2) is 10.4. The normalized spacial score (nSPS) is 15.5. The maximum atomic E-state index is 13.7. The molecular weight excluding hydrogens is 516 g/mol. The standard InChI is InChI=1S/C26H23BrN2O4S/c1-4-13-33-20-12-11-18(27)14-17(20)15-21-24(30)29-23(16-9-7-6-8-10-16)22(25(31)32-3)19(5-2)28-26(29)34-21/h4,6-12,14-15,23H,1,5,13H2,2-3H3/b21-15+/t23-/m0/s1. The molecule has 0 unspecified atom stereocenters. The van der Waals surface area contributed by atoms with Crippen molar-refractivity contribution in [3.63, 3.8) is 0 Å². The lowest BCUT2D eigenvalue weighted by Crippen LogP contribution is -2.40. The lowest BCUT2D eigenvalue weighted by Gasteiger charge is -2.25. The van der Waals surface area contributed by atoms with Crippen molar-refractivity contribution in [2.24, 2.45) is 4.99 Å². The molecule has 1 aliphatic rings. The summed E-state index contributed by atoms with van der Waals surface area (Å²) in [6.07, 6.45) is 3.99. The van der Waals surface area contributed by atoms with Crippen LogP contribution in [0.2, 0.25) is 0 Å². The molecule has 1 aromatic heterocycles. The molecule has 0 fully saturated rings. The van der Waals surface area contributed by atoms with Crippen molar-refractivity contribution in [1.29, 1.82) is 0 Å². The summed E-state index contributed by atoms with van der Waals surface area (Å²) < 4.78 is 13.8. The number of allylic oxidation sites excluding steroid dienone is 1. The van der Waals surface area contributed by atoms with Crippen LogP contribution in [0.3, 0.4) is 0 Å². The average Bonchev–Trinajstić information content (AvgIpc) is 3.17. The molecule has 2 heterocycles. The van der Waals surface area contributed by atoms with Crippen LogP contribution in [0.4, 0.5) is 0 Å². The highest BCUT2D eigenvalue weighted by Gasteiger charge is 2.33. The summed E-state index contributed by atoms with van der Waals surface area (Å²) in [5.74, 6) is 0.147. The predicted octanol–water partition coefficient (Wildman–Crippen LogP) is 4.13. The number of ether oxygens (including phenoxy) is 2. The van der Waals surface area contributed by atoms with E-state index >= 15 is 0 Å². The first-order valence-electron chi connectivity index (χ1n) is 10.7. The van der Waals surface area contributed by atoms with Crippen LogP contribution in [0, 0.1) is 0 Å². The number of halogens is 1. The van der Waals surface area contributed by atoms with Gasteiger partial charge >= 0.3 is 5.97 Å². The number of hydrogen-bond acceptors (Lipinski definition) is 6. The predicted molar refractivity (Wildman–Crippen MR) is 137 cm³/mol. The molecule has 6 nitrogen and oxygen atoms in total. The lowest BCUT2D eigenvalue weighted by atomic mass is 9.95. The molecule has 0 bridgehead atoms. The van der Waals surface area contributed by atoms with Crippen LogP contribution in [0.1, 0.15) is 30.5 Å². The number of thiazole rings is 1. The van der Waals surface area contributed by atoms with Gasteiger partial charge in [0.2, 0.25) is 0 Å². The highest BCUT2D eigenvalue weighted by molar-refractivity contribution is 9.10. The second-order valence-corrected chi connectivity index (χ2v) is 9.41. The molecule has 0 spiro atoms. The zero-order chi connectivity index (χ0) is 24.2. The van der Waals surface area contributed by atoms with Gasteiger partial charge in [-0.05, 0) is 36.3 Å². The van der Waals surface area contributed by atoms with Crippen LogP contribution in [0.25, 0.3) is 6.08 Å². The first kappa shape index (κ1) is 23.9. The average molecular weight is 539 g/mol. The smallest absolute Gasteiger partial charge is 0.338 e. The molecule has 0 N–H and O–H groups in total. The maximum Gasteiger partial charge on any atom is 0.338 e. The summed E-state index contributed by atoms with van der Waals surface area (Å²) in [6, 6.07) is 14.5. The SMILES string of the molecule is C=CCOc1ccc(Br)cc1/C=c1/sc2n(c1=O)[C@@H](c1ccccc1)C(C(=O)OC)=C(CC)N=2. The molecule has 0 saturated carbocycles. The van der Waals surface area contributed by atoms with Crippen molar-refractivity contribution in [3.8, 4) is 5.75 Å². The fourth-order valence-corrected chi connectivity index (χ4v) is 5.26. The van der Waals surface area contributed by atoms with Gasteiger partial charge in [0.25, 0.3) is 5.56 Å². The van der Waals surface area contributed by atoms with Crippen molar-refractivity contribution in [3.05, 3.63) is 108 Å². The zero-order valence-corrected chi connectivity index (χ0v) is 21.2. The minimum atomic E-state index is -0.624. The second-order valence-electron chi connectivity index (χ2n) is 7.48. The van der Waals surface area contributed by atoms with E-state index in [1.54, 1.807) is 16.7 Å². The zero-order valence-electron chi connectivity index (χ0n) is 18.8. The number of nitrogens with zero attached hydrogens (tertiary/aromatic N) is 2. The van der Waals surface area contributed by atoms with Gasteiger partial charge in [0.15, 0.2) is 4.80 Å². The van der Waals surface area contributed by atoms with Gasteiger partial charge in [-0.25, -0.2) is 9.79 Å². The van der Waals surface area contributed by atoms with E-state index in [2.05, 4.69) is 27.5 Å². The molecule has 2 aromatic carbocycles. The largest absolute Gasteiger partial charge is 0.489 e. The minimum Gasteiger partial charge on any atom is -0.489 e. The number of hydrogen-bond donors (Lipinski definition) is 0. The number of esters is 1. The Bertz CT molecular complexity index is 1450. The van der Waals surface area contributed by atoms with Crippen molar-refractivity contribution in [1.82, 2.24) is 4.57 Å². The summed E-state index contributed by atoms with van der Waals surface area (Å²) in [5, 5.41) is 0. The molecular formula is C26H23BrN2O4S. The molecule has 34 heavy (non-hydrogen) atoms. The Morgan fingerprint density at radius 3 is 2.71 bits per heavy atom. The number of carbonyl (C=O) groups excluding carboxylic acids is 1. The van der Waals surface area contributed by atoms with Gasteiger partial charge < -0.3 is 9.47 Å². The van der Waals surface area contributed by atoms with Crippen LogP contribution in [-0.2, 0) is 9.53 Å². The van der Waals surface area contributed by atoms with Crippen LogP contribution < -0.4 is 19.6 Å². The van der Waals surface area contributed by atoms with E-state index in [4.69, 9.17) is 9.47 Å². The number of methoxy groups -OCH3 is 1. The molecule has 1 atom stereocenters. The Kier molecular flexibility index (Phi) is 7.29. The van der Waals surface area contributed by atoms with Crippen LogP contribution in [0.15, 0.2) is 86.7 Å². The van der Waals surface area contributed by atoms with E-state index in [1.165, 1.54) is 18.4 Å². The van der Waals surface area contributed by atoms with E-state index in [1.807, 2.05) is 55.5 Å². The van der Waals surface area contributed by atoms with Gasteiger partial charge in [-0.2, -0.15) is 0 Å². The Morgan fingerprint density at radius 2 is 2.03 bits per heavy atom. The summed E-state index contributed by atoms with van der Waals surface area (Å²) in [6.45, 7) is 5.98. The van der Waals surface area contributed by atoms with E-state index in [0.29, 0.717) is 39.4 Å². The van der Waals surface area contributed by atoms with Gasteiger partial charge in [0.05, 0.1) is 29.0 Å². The minimum absolute atomic E-state index is 0.233. The third-order valence-corrected chi connectivity index (χ3v) is 6.86. The molecule has 4 rings (SSSR count). The van der Waals surface area contributed by atoms with Gasteiger partial charge in [-0.1, -0.05) is 77.2 Å². The van der Waals surface area contributed by atoms with Crippen LogP contribution >= 0.6 is 27.3 Å². The highest BCUT2D eigenvalue weighted by Crippen LogP contribution is 2.31. The van der Waals surface area contributed by atoms with Crippen molar-refractivity contribution in [2.75, 3.05) is 13.7 Å². The van der Waals surface area contributed by atoms with Gasteiger partial charge in [-0.15, -0.1) is 0 Å². The Hall–Kier alpha value is -3.23. The summed E-state index contributed by atoms with van der Waals surface area (Å²) >= 11 is 4.78. The Balaban J connectivity index is 1.97. The third-order valence-electron chi connectivity index (χ3n) is 5.38. The molecule has 3 aromatic rings. The molecule has 0 saturated heterocycles. The Labute approximate surface area is 209 Å². The number of aromatic nitrogens is 1. The number of rotatable bonds is 7. The summed E-state index contributed by atoms with van der Waals surface area (Å²) in [5.41, 5.74) is 2.33. The van der Waals surface area contributed by atoms with E-state index < -0.39 is 12.0 Å². The van der Waals surface area contributed by atoms with Gasteiger partial charge in [-0.3, -0.25) is 9.36 Å². The van der Waals surface area contributed by atoms with E-state index in [-0.39, 0.29) is 5.56 Å². The topological polar surface area (TPSA) is 69.9 Å². The quantitative estimate of drug-likeness (QED) is 0.335. The number of carbonyl (C=O) groups is 1. The highest BCUT2D eigenvalue weighted by atomic mass is 79.9. The summed E-state index contributed by atoms with van der Waals surface area (Å²) in [4.78, 5) is 31.8. The summed E-state index contributed by atoms with van der Waals surface area (Å²) in [7, 11) is 1.34. The molecule has 8 heteroatoms. The molecule has 1 aliphatic heterocycles. The maximum absolute atomic E-state index is 13.7. The Morgan fingerprint density at radius 1 is 1.26 bits per heavy atom. The molecule has 0 aliphatic carbocycles. The first-order valence-corrected chi connectivity index (χ1v) is 12.3. The fraction of sp³-hybridized carbons (Fsp3) is 0.192. The lowest BCUT2D eigenvalue weighted by molar-refractivity contribution is -0.136. The number of benzene rings is 2. The van der Waals surface area contributed by atoms with E-state index in [9.17, 15) is 9.59 Å². The number of fused-ring (bicyclic) bond motifs is 1. The molecule has 0 amide bonds. The third kappa shape index (κ3) is 4.56. The van der Waals surface area contributed by atoms with Gasteiger partial charge in [0.1, 0.15) is 12.4 Å². The molecule has 0 radical (unpaired) electrons. The van der Waals surface area contributed by atoms with Crippen LogP contribution in [-0.4, -0.2) is 24.3 Å². The van der Waals surface area contributed by atoms with Gasteiger partial charge in [0, 0.05) is 10.0 Å². The monoisotopic (exact) mass is 538 g/mol.